The molecule has 2 unspecified atom stereocenters. The Morgan fingerprint density at radius 3 is 3.00 bits per heavy atom. The lowest BCUT2D eigenvalue weighted by Crippen LogP contribution is -2.31. The van der Waals surface area contributed by atoms with Gasteiger partial charge in [0, 0.05) is 23.3 Å². The Morgan fingerprint density at radius 1 is 1.43 bits per heavy atom. The van der Waals surface area contributed by atoms with Gasteiger partial charge in [0.1, 0.15) is 5.82 Å². The van der Waals surface area contributed by atoms with E-state index in [4.69, 9.17) is 4.74 Å². The zero-order valence-electron chi connectivity index (χ0n) is 12.8. The van der Waals surface area contributed by atoms with E-state index in [9.17, 15) is 4.39 Å². The highest BCUT2D eigenvalue weighted by atomic mass is 32.2. The molecular weight excluding hydrogens is 285 g/mol. The van der Waals surface area contributed by atoms with Gasteiger partial charge in [-0.3, -0.25) is 0 Å². The summed E-state index contributed by atoms with van der Waals surface area (Å²) in [4.78, 5) is 0.750. The Bertz CT molecular complexity index is 410. The quantitative estimate of drug-likeness (QED) is 0.689. The van der Waals surface area contributed by atoms with Crippen LogP contribution in [0.3, 0.4) is 0 Å². The average Bonchev–Trinajstić information content (AvgIpc) is 2.99. The maximum atomic E-state index is 13.6. The summed E-state index contributed by atoms with van der Waals surface area (Å²) in [5, 5.41) is 3.51. The Labute approximate surface area is 131 Å². The van der Waals surface area contributed by atoms with Gasteiger partial charge in [0.25, 0.3) is 0 Å². The molecule has 1 aliphatic heterocycles. The van der Waals surface area contributed by atoms with E-state index in [2.05, 4.69) is 12.2 Å². The van der Waals surface area contributed by atoms with Gasteiger partial charge in [0.15, 0.2) is 0 Å². The largest absolute Gasteiger partial charge is 0.378 e. The average molecular weight is 311 g/mol. The van der Waals surface area contributed by atoms with Crippen LogP contribution < -0.4 is 5.32 Å². The summed E-state index contributed by atoms with van der Waals surface area (Å²) >= 11 is 1.61. The smallest absolute Gasteiger partial charge is 0.136 e. The first-order valence-electron chi connectivity index (χ1n) is 8.02. The number of rotatable bonds is 9. The third-order valence-electron chi connectivity index (χ3n) is 3.87. The number of benzene rings is 1. The SMILES string of the molecule is CCNC(CCCC1CCCO1)CSc1ccccc1F. The molecule has 1 aliphatic rings. The first-order chi connectivity index (χ1) is 10.3. The highest BCUT2D eigenvalue weighted by molar-refractivity contribution is 7.99. The molecule has 21 heavy (non-hydrogen) atoms. The summed E-state index contributed by atoms with van der Waals surface area (Å²) in [6, 6.07) is 7.46. The Hall–Kier alpha value is -0.580. The maximum absolute atomic E-state index is 13.6. The monoisotopic (exact) mass is 311 g/mol. The topological polar surface area (TPSA) is 21.3 Å². The normalized spacial score (nSPS) is 19.8. The molecule has 2 nitrogen and oxygen atoms in total. The van der Waals surface area contributed by atoms with E-state index in [-0.39, 0.29) is 5.82 Å². The van der Waals surface area contributed by atoms with Crippen molar-refractivity contribution in [2.24, 2.45) is 0 Å². The van der Waals surface area contributed by atoms with E-state index in [1.807, 2.05) is 12.1 Å². The van der Waals surface area contributed by atoms with E-state index >= 15 is 0 Å². The molecule has 0 aromatic heterocycles. The zero-order chi connectivity index (χ0) is 14.9. The summed E-state index contributed by atoms with van der Waals surface area (Å²) in [6.45, 7) is 4.02. The lowest BCUT2D eigenvalue weighted by Gasteiger charge is -2.18. The lowest BCUT2D eigenvalue weighted by molar-refractivity contribution is 0.101. The molecule has 1 N–H and O–H groups in total. The van der Waals surface area contributed by atoms with Crippen LogP contribution in [-0.4, -0.2) is 31.1 Å². The molecule has 1 fully saturated rings. The second-order valence-corrected chi connectivity index (χ2v) is 6.62. The van der Waals surface area contributed by atoms with E-state index in [0.29, 0.717) is 12.1 Å². The molecule has 0 radical (unpaired) electrons. The van der Waals surface area contributed by atoms with E-state index in [0.717, 1.165) is 36.6 Å². The fraction of sp³-hybridized carbons (Fsp3) is 0.647. The summed E-state index contributed by atoms with van der Waals surface area (Å²) in [5.74, 6) is 0.803. The van der Waals surface area contributed by atoms with Crippen LogP contribution in [0, 0.1) is 5.82 Å². The minimum Gasteiger partial charge on any atom is -0.378 e. The van der Waals surface area contributed by atoms with Crippen LogP contribution in [0.15, 0.2) is 29.2 Å². The van der Waals surface area contributed by atoms with Gasteiger partial charge >= 0.3 is 0 Å². The highest BCUT2D eigenvalue weighted by Crippen LogP contribution is 2.24. The fourth-order valence-electron chi connectivity index (χ4n) is 2.75. The van der Waals surface area contributed by atoms with Crippen molar-refractivity contribution < 1.29 is 9.13 Å². The van der Waals surface area contributed by atoms with Crippen LogP contribution in [-0.2, 0) is 4.74 Å². The molecule has 1 aromatic rings. The lowest BCUT2D eigenvalue weighted by atomic mass is 10.1. The number of hydrogen-bond donors (Lipinski definition) is 1. The molecule has 1 saturated heterocycles. The number of ether oxygens (including phenoxy) is 1. The third kappa shape index (κ3) is 5.97. The fourth-order valence-corrected chi connectivity index (χ4v) is 3.80. The third-order valence-corrected chi connectivity index (χ3v) is 5.08. The van der Waals surface area contributed by atoms with Crippen molar-refractivity contribution >= 4 is 11.8 Å². The van der Waals surface area contributed by atoms with E-state index in [1.165, 1.54) is 25.3 Å². The summed E-state index contributed by atoms with van der Waals surface area (Å²) in [7, 11) is 0. The van der Waals surface area contributed by atoms with Gasteiger partial charge < -0.3 is 10.1 Å². The van der Waals surface area contributed by atoms with Crippen molar-refractivity contribution in [2.45, 2.75) is 56.1 Å². The highest BCUT2D eigenvalue weighted by Gasteiger charge is 2.16. The second kappa shape index (κ2) is 9.44. The van der Waals surface area contributed by atoms with Crippen LogP contribution in [0.5, 0.6) is 0 Å². The summed E-state index contributed by atoms with van der Waals surface area (Å²) in [6.07, 6.45) is 6.38. The second-order valence-electron chi connectivity index (χ2n) is 5.56. The molecule has 118 valence electrons. The molecule has 4 heteroatoms. The Balaban J connectivity index is 1.71. The molecule has 0 saturated carbocycles. The molecule has 2 rings (SSSR count). The van der Waals surface area contributed by atoms with Crippen molar-refractivity contribution in [3.05, 3.63) is 30.1 Å². The molecule has 1 aromatic carbocycles. The van der Waals surface area contributed by atoms with Crippen LogP contribution in [0.1, 0.15) is 39.0 Å². The first-order valence-corrected chi connectivity index (χ1v) is 9.00. The van der Waals surface area contributed by atoms with Crippen molar-refractivity contribution in [3.8, 4) is 0 Å². The van der Waals surface area contributed by atoms with Gasteiger partial charge in [-0.1, -0.05) is 19.1 Å². The van der Waals surface area contributed by atoms with Gasteiger partial charge in [0.05, 0.1) is 6.10 Å². The molecule has 0 spiro atoms. The molecule has 0 bridgehead atoms. The maximum Gasteiger partial charge on any atom is 0.136 e. The number of hydrogen-bond acceptors (Lipinski definition) is 3. The van der Waals surface area contributed by atoms with Gasteiger partial charge in [-0.2, -0.15) is 0 Å². The molecule has 0 aliphatic carbocycles. The van der Waals surface area contributed by atoms with Crippen LogP contribution in [0.25, 0.3) is 0 Å². The minimum atomic E-state index is -0.114. The van der Waals surface area contributed by atoms with Gasteiger partial charge in [0.2, 0.25) is 0 Å². The van der Waals surface area contributed by atoms with Gasteiger partial charge in [-0.15, -0.1) is 11.8 Å². The zero-order valence-corrected chi connectivity index (χ0v) is 13.6. The van der Waals surface area contributed by atoms with E-state index < -0.39 is 0 Å². The van der Waals surface area contributed by atoms with Gasteiger partial charge in [-0.25, -0.2) is 4.39 Å². The minimum absolute atomic E-state index is 0.114. The summed E-state index contributed by atoms with van der Waals surface area (Å²) < 4.78 is 19.3. The predicted octanol–water partition coefficient (Wildman–Crippen LogP) is 4.25. The van der Waals surface area contributed by atoms with Crippen LogP contribution in [0.2, 0.25) is 0 Å². The van der Waals surface area contributed by atoms with Crippen molar-refractivity contribution in [1.29, 1.82) is 0 Å². The summed E-state index contributed by atoms with van der Waals surface area (Å²) in [5.41, 5.74) is 0. The number of halogens is 1. The molecule has 1 heterocycles. The van der Waals surface area contributed by atoms with Crippen molar-refractivity contribution in [1.82, 2.24) is 5.32 Å². The number of thioether (sulfide) groups is 1. The van der Waals surface area contributed by atoms with Crippen molar-refractivity contribution in [3.63, 3.8) is 0 Å². The van der Waals surface area contributed by atoms with Crippen LogP contribution in [0.4, 0.5) is 4.39 Å². The Kier molecular flexibility index (Phi) is 7.54. The molecule has 2 atom stereocenters. The first kappa shape index (κ1) is 16.8. The van der Waals surface area contributed by atoms with Crippen molar-refractivity contribution in [2.75, 3.05) is 18.9 Å². The van der Waals surface area contributed by atoms with Gasteiger partial charge in [-0.05, 0) is 50.8 Å². The standard InChI is InChI=1S/C17H26FNOS/c1-2-19-14(7-5-8-15-9-6-12-20-15)13-21-17-11-4-3-10-16(17)18/h3-4,10-11,14-15,19H,2,5-9,12-13H2,1H3. The Morgan fingerprint density at radius 2 is 2.29 bits per heavy atom. The number of nitrogens with one attached hydrogen (secondary N) is 1. The molecule has 0 amide bonds. The predicted molar refractivity (Wildman–Crippen MR) is 87.4 cm³/mol. The van der Waals surface area contributed by atoms with Crippen LogP contribution >= 0.6 is 11.8 Å². The van der Waals surface area contributed by atoms with E-state index in [1.54, 1.807) is 17.8 Å². The molecular formula is C17H26FNOS.